The molecule has 0 amide bonds. The van der Waals surface area contributed by atoms with Gasteiger partial charge in [0, 0.05) is 28.8 Å². The zero-order valence-corrected chi connectivity index (χ0v) is 10.9. The minimum atomic E-state index is -0.222. The van der Waals surface area contributed by atoms with E-state index in [-0.39, 0.29) is 16.3 Å². The molecule has 1 aromatic heterocycles. The number of rotatable bonds is 2. The molecule has 0 radical (unpaired) electrons. The maximum atomic E-state index is 11.8. The van der Waals surface area contributed by atoms with Crippen LogP contribution in [-0.4, -0.2) is 5.78 Å². The summed E-state index contributed by atoms with van der Waals surface area (Å²) < 4.78 is 1.26. The van der Waals surface area contributed by atoms with Crippen LogP contribution in [0.3, 0.4) is 0 Å². The highest BCUT2D eigenvalue weighted by atomic mass is 32.2. The smallest absolute Gasteiger partial charge is 0.222 e. The minimum absolute atomic E-state index is 0.165. The van der Waals surface area contributed by atoms with E-state index >= 15 is 0 Å². The minimum Gasteiger partial charge on any atom is -0.289 e. The lowest BCUT2D eigenvalue weighted by molar-refractivity contribution is 0.102. The normalized spacial score (nSPS) is 11.7. The Labute approximate surface area is 109 Å². The molecule has 3 rings (SSSR count). The fourth-order valence-corrected chi connectivity index (χ4v) is 4.44. The monoisotopic (exact) mass is 253 g/mol. The van der Waals surface area contributed by atoms with E-state index in [1.54, 1.807) is 6.92 Å². The molecule has 18 heavy (non-hydrogen) atoms. The van der Waals surface area contributed by atoms with Crippen molar-refractivity contribution in [1.29, 1.82) is 0 Å². The summed E-state index contributed by atoms with van der Waals surface area (Å²) in [6, 6.07) is 20.6. The van der Waals surface area contributed by atoms with Crippen molar-refractivity contribution < 1.29 is 4.79 Å². The van der Waals surface area contributed by atoms with Gasteiger partial charge in [0.2, 0.25) is 10.7 Å². The summed E-state index contributed by atoms with van der Waals surface area (Å²) in [5, 5.41) is 1.18. The van der Waals surface area contributed by atoms with Gasteiger partial charge in [0.25, 0.3) is 0 Å². The van der Waals surface area contributed by atoms with Crippen LogP contribution in [0, 0.1) is 0 Å². The molecule has 0 aliphatic heterocycles. The largest absolute Gasteiger partial charge is 0.289 e. The summed E-state index contributed by atoms with van der Waals surface area (Å²) in [5.41, 5.74) is 0. The average Bonchev–Trinajstić information content (AvgIpc) is 2.79. The molecule has 1 atom stereocenters. The van der Waals surface area contributed by atoms with Crippen LogP contribution in [0.15, 0.2) is 60.7 Å². The van der Waals surface area contributed by atoms with Crippen molar-refractivity contribution in [2.75, 3.05) is 0 Å². The summed E-state index contributed by atoms with van der Waals surface area (Å²) >= 11 is 0. The quantitative estimate of drug-likeness (QED) is 0.474. The number of thiophene rings is 1. The van der Waals surface area contributed by atoms with Crippen LogP contribution in [0.1, 0.15) is 16.6 Å². The molecule has 0 saturated heterocycles. The lowest BCUT2D eigenvalue weighted by Gasteiger charge is -1.93. The summed E-state index contributed by atoms with van der Waals surface area (Å²) in [6.45, 7) is 1.65. The van der Waals surface area contributed by atoms with Gasteiger partial charge in [0.05, 0.1) is 0 Å². The first kappa shape index (κ1) is 11.2. The van der Waals surface area contributed by atoms with Crippen molar-refractivity contribution >= 4 is 26.3 Å². The zero-order valence-electron chi connectivity index (χ0n) is 10.1. The maximum Gasteiger partial charge on any atom is 0.222 e. The first-order valence-electron chi connectivity index (χ1n) is 5.88. The van der Waals surface area contributed by atoms with E-state index < -0.39 is 0 Å². The predicted octanol–water partition coefficient (Wildman–Crippen LogP) is 4.78. The molecule has 0 spiro atoms. The summed E-state index contributed by atoms with van der Waals surface area (Å²) in [5.74, 6) is 0.165. The number of Topliss-reactive ketones (excluding diaryl/α,β-unsaturated/α-hetero) is 1. The average molecular weight is 253 g/mol. The van der Waals surface area contributed by atoms with Crippen LogP contribution in [0.5, 0.6) is 0 Å². The Balaban J connectivity index is 2.38. The molecular formula is C16H13OS+. The zero-order chi connectivity index (χ0) is 12.5. The highest BCUT2D eigenvalue weighted by Gasteiger charge is 2.25. The third-order valence-electron chi connectivity index (χ3n) is 2.97. The van der Waals surface area contributed by atoms with E-state index in [9.17, 15) is 4.79 Å². The van der Waals surface area contributed by atoms with Crippen LogP contribution in [0.2, 0.25) is 0 Å². The predicted molar refractivity (Wildman–Crippen MR) is 77.8 cm³/mol. The molecule has 0 fully saturated rings. The van der Waals surface area contributed by atoms with E-state index in [4.69, 9.17) is 0 Å². The van der Waals surface area contributed by atoms with Crippen LogP contribution >= 0.6 is 10.5 Å². The van der Waals surface area contributed by atoms with Gasteiger partial charge in [-0.3, -0.25) is 4.79 Å². The van der Waals surface area contributed by atoms with Gasteiger partial charge in [-0.1, -0.05) is 30.3 Å². The highest BCUT2D eigenvalue weighted by Crippen LogP contribution is 2.43. The summed E-state index contributed by atoms with van der Waals surface area (Å²) in [4.78, 5) is 14.0. The molecule has 1 heterocycles. The number of benzene rings is 2. The molecule has 88 valence electrons. The fourth-order valence-electron chi connectivity index (χ4n) is 2.16. The maximum absolute atomic E-state index is 11.8. The molecule has 0 aliphatic carbocycles. The number of hydrogen-bond acceptors (Lipinski definition) is 1. The molecule has 0 aliphatic rings. The van der Waals surface area contributed by atoms with Gasteiger partial charge < -0.3 is 0 Å². The molecule has 2 aromatic carbocycles. The second-order valence-corrected chi connectivity index (χ2v) is 6.19. The number of ketones is 1. The lowest BCUT2D eigenvalue weighted by atomic mass is 10.2. The van der Waals surface area contributed by atoms with Gasteiger partial charge in [-0.25, -0.2) is 0 Å². The van der Waals surface area contributed by atoms with Gasteiger partial charge in [-0.2, -0.15) is 0 Å². The first-order valence-corrected chi connectivity index (χ1v) is 7.11. The van der Waals surface area contributed by atoms with Crippen LogP contribution < -0.4 is 0 Å². The Hall–Kier alpha value is -1.93. The van der Waals surface area contributed by atoms with Crippen molar-refractivity contribution in [3.05, 3.63) is 65.5 Å². The van der Waals surface area contributed by atoms with Gasteiger partial charge in [0.15, 0.2) is 9.60 Å². The summed E-state index contributed by atoms with van der Waals surface area (Å²) in [7, 11) is -0.222. The van der Waals surface area contributed by atoms with Crippen molar-refractivity contribution in [2.24, 2.45) is 0 Å². The molecule has 0 saturated carbocycles. The second kappa shape index (κ2) is 4.39. The number of carbonyl (C=O) groups is 1. The third kappa shape index (κ3) is 1.75. The standard InChI is InChI=1S/C16H13OS/c1-12(17)16-11-13-7-5-6-10-15(13)18(16)14-8-3-2-4-9-14/h2-11H,1H3/q+1. The van der Waals surface area contributed by atoms with E-state index in [1.807, 2.05) is 36.4 Å². The molecule has 1 unspecified atom stereocenters. The lowest BCUT2D eigenvalue weighted by Crippen LogP contribution is -1.87. The van der Waals surface area contributed by atoms with Gasteiger partial charge in [0.1, 0.15) is 0 Å². The van der Waals surface area contributed by atoms with Crippen molar-refractivity contribution in [3.8, 4) is 4.90 Å². The van der Waals surface area contributed by atoms with E-state index in [0.29, 0.717) is 0 Å². The Bertz CT molecular complexity index is 710. The van der Waals surface area contributed by atoms with Gasteiger partial charge in [-0.15, -0.1) is 0 Å². The molecule has 0 bridgehead atoms. The molecule has 0 N–H and O–H groups in total. The molecule has 2 heteroatoms. The Morgan fingerprint density at radius 3 is 2.33 bits per heavy atom. The van der Waals surface area contributed by atoms with Crippen molar-refractivity contribution in [1.82, 2.24) is 0 Å². The van der Waals surface area contributed by atoms with Crippen LogP contribution in [0.4, 0.5) is 0 Å². The van der Waals surface area contributed by atoms with Crippen molar-refractivity contribution in [3.63, 3.8) is 0 Å². The molecular weight excluding hydrogens is 240 g/mol. The van der Waals surface area contributed by atoms with Crippen LogP contribution in [-0.2, 0) is 0 Å². The SMILES string of the molecule is CC(=O)c1cc2ccccc2[s+]1-c1ccccc1. The van der Waals surface area contributed by atoms with Gasteiger partial charge >= 0.3 is 0 Å². The van der Waals surface area contributed by atoms with Gasteiger partial charge in [-0.05, 0) is 24.3 Å². The Morgan fingerprint density at radius 2 is 1.61 bits per heavy atom. The Kier molecular flexibility index (Phi) is 2.73. The number of carbonyl (C=O) groups excluding carboxylic acids is 1. The summed E-state index contributed by atoms with van der Waals surface area (Å²) in [6.07, 6.45) is 0. The third-order valence-corrected chi connectivity index (χ3v) is 5.37. The topological polar surface area (TPSA) is 17.1 Å². The van der Waals surface area contributed by atoms with E-state index in [1.165, 1.54) is 15.0 Å². The number of fused-ring (bicyclic) bond motifs is 1. The Morgan fingerprint density at radius 1 is 0.944 bits per heavy atom. The van der Waals surface area contributed by atoms with E-state index in [0.717, 1.165) is 4.88 Å². The van der Waals surface area contributed by atoms with Crippen molar-refractivity contribution in [2.45, 2.75) is 6.92 Å². The molecule has 3 aromatic rings. The number of hydrogen-bond donors (Lipinski definition) is 0. The second-order valence-electron chi connectivity index (χ2n) is 4.22. The van der Waals surface area contributed by atoms with Crippen LogP contribution in [0.25, 0.3) is 15.0 Å². The first-order chi connectivity index (χ1) is 8.77. The highest BCUT2D eigenvalue weighted by molar-refractivity contribution is 7.46. The van der Waals surface area contributed by atoms with E-state index in [2.05, 4.69) is 24.3 Å². The fraction of sp³-hybridized carbons (Fsp3) is 0.0625. The molecule has 1 nitrogen and oxygen atoms in total.